The van der Waals surface area contributed by atoms with Crippen molar-refractivity contribution in [2.45, 2.75) is 6.04 Å². The number of hydrogen-bond donors (Lipinski definition) is 1. The summed E-state index contributed by atoms with van der Waals surface area (Å²) in [4.78, 5) is 0. The standard InChI is InChI=1S/C16H11BrFN5/c17-11-7-5-10(6-8-11)14-9-15(12-3-1-2-4-13(12)18)23-16(19-14)20-21-22-23/h1-9,15H,(H,19,20,22). The van der Waals surface area contributed by atoms with Crippen LogP contribution < -0.4 is 5.32 Å². The van der Waals surface area contributed by atoms with Gasteiger partial charge in [0, 0.05) is 15.7 Å². The van der Waals surface area contributed by atoms with Crippen molar-refractivity contribution in [3.63, 3.8) is 0 Å². The van der Waals surface area contributed by atoms with Gasteiger partial charge in [-0.05, 0) is 40.3 Å². The number of nitrogens with zero attached hydrogens (tertiary/aromatic N) is 4. The molecule has 0 fully saturated rings. The van der Waals surface area contributed by atoms with E-state index in [0.717, 1.165) is 15.7 Å². The Bertz CT molecular complexity index is 887. The van der Waals surface area contributed by atoms with E-state index in [-0.39, 0.29) is 5.82 Å². The third kappa shape index (κ3) is 2.53. The van der Waals surface area contributed by atoms with Crippen LogP contribution in [0.4, 0.5) is 10.3 Å². The molecule has 0 saturated carbocycles. The van der Waals surface area contributed by atoms with Gasteiger partial charge in [0.1, 0.15) is 11.9 Å². The highest BCUT2D eigenvalue weighted by molar-refractivity contribution is 9.10. The summed E-state index contributed by atoms with van der Waals surface area (Å²) in [5, 5.41) is 14.8. The van der Waals surface area contributed by atoms with Gasteiger partial charge in [0.25, 0.3) is 0 Å². The zero-order valence-corrected chi connectivity index (χ0v) is 13.4. The molecule has 2 aromatic carbocycles. The van der Waals surface area contributed by atoms with E-state index < -0.39 is 6.04 Å². The van der Waals surface area contributed by atoms with Crippen LogP contribution in [0.1, 0.15) is 17.2 Å². The van der Waals surface area contributed by atoms with E-state index in [0.29, 0.717) is 11.5 Å². The average molecular weight is 372 g/mol. The molecule has 1 aliphatic rings. The molecule has 1 aliphatic heterocycles. The summed E-state index contributed by atoms with van der Waals surface area (Å²) in [5.41, 5.74) is 2.34. The van der Waals surface area contributed by atoms with E-state index in [1.54, 1.807) is 22.9 Å². The topological polar surface area (TPSA) is 55.6 Å². The molecule has 4 rings (SSSR count). The number of halogens is 2. The van der Waals surface area contributed by atoms with Crippen LogP contribution in [0.25, 0.3) is 5.70 Å². The number of rotatable bonds is 2. The normalized spacial score (nSPS) is 16.4. The predicted octanol–water partition coefficient (Wildman–Crippen LogP) is 3.63. The minimum absolute atomic E-state index is 0.285. The molecule has 0 radical (unpaired) electrons. The fourth-order valence-electron chi connectivity index (χ4n) is 2.59. The number of fused-ring (bicyclic) bond motifs is 1. The van der Waals surface area contributed by atoms with Gasteiger partial charge in [-0.2, -0.15) is 4.68 Å². The van der Waals surface area contributed by atoms with E-state index in [2.05, 4.69) is 36.8 Å². The van der Waals surface area contributed by atoms with E-state index in [1.807, 2.05) is 30.3 Å². The first-order valence-corrected chi connectivity index (χ1v) is 7.79. The molecule has 0 aliphatic carbocycles. The summed E-state index contributed by atoms with van der Waals surface area (Å²) in [6.45, 7) is 0. The largest absolute Gasteiger partial charge is 0.323 e. The Morgan fingerprint density at radius 2 is 1.87 bits per heavy atom. The van der Waals surface area contributed by atoms with Crippen molar-refractivity contribution in [2.24, 2.45) is 0 Å². The molecule has 0 bridgehead atoms. The van der Waals surface area contributed by atoms with Gasteiger partial charge in [0.15, 0.2) is 0 Å². The molecular weight excluding hydrogens is 361 g/mol. The number of anilines is 1. The van der Waals surface area contributed by atoms with Crippen molar-refractivity contribution in [3.8, 4) is 0 Å². The van der Waals surface area contributed by atoms with Crippen molar-refractivity contribution in [3.05, 3.63) is 76.0 Å². The van der Waals surface area contributed by atoms with E-state index in [4.69, 9.17) is 0 Å². The number of hydrogen-bond acceptors (Lipinski definition) is 4. The molecule has 1 N–H and O–H groups in total. The first-order valence-electron chi connectivity index (χ1n) is 6.99. The molecule has 1 aromatic heterocycles. The van der Waals surface area contributed by atoms with Crippen molar-refractivity contribution in [1.82, 2.24) is 20.2 Å². The molecular formula is C16H11BrFN5. The number of allylic oxidation sites excluding steroid dienone is 1. The average Bonchev–Trinajstić information content (AvgIpc) is 3.04. The Morgan fingerprint density at radius 3 is 2.65 bits per heavy atom. The lowest BCUT2D eigenvalue weighted by atomic mass is 10.0. The summed E-state index contributed by atoms with van der Waals surface area (Å²) >= 11 is 3.42. The van der Waals surface area contributed by atoms with Gasteiger partial charge in [-0.25, -0.2) is 4.39 Å². The van der Waals surface area contributed by atoms with Crippen LogP contribution in [0, 0.1) is 5.82 Å². The van der Waals surface area contributed by atoms with Gasteiger partial charge in [0.2, 0.25) is 5.95 Å². The van der Waals surface area contributed by atoms with Crippen LogP contribution in [-0.2, 0) is 0 Å². The smallest absolute Gasteiger partial charge is 0.248 e. The van der Waals surface area contributed by atoms with Crippen LogP contribution in [-0.4, -0.2) is 20.2 Å². The zero-order valence-electron chi connectivity index (χ0n) is 11.8. The molecule has 0 saturated heterocycles. The van der Waals surface area contributed by atoms with Crippen LogP contribution >= 0.6 is 15.9 Å². The van der Waals surface area contributed by atoms with Gasteiger partial charge in [-0.15, -0.1) is 0 Å². The van der Waals surface area contributed by atoms with E-state index >= 15 is 0 Å². The summed E-state index contributed by atoms with van der Waals surface area (Å²) in [7, 11) is 0. The minimum Gasteiger partial charge on any atom is -0.323 e. The van der Waals surface area contributed by atoms with Gasteiger partial charge in [-0.3, -0.25) is 0 Å². The molecule has 3 aromatic rings. The number of aromatic nitrogens is 4. The third-order valence-corrected chi connectivity index (χ3v) is 4.24. The highest BCUT2D eigenvalue weighted by Crippen LogP contribution is 2.32. The molecule has 7 heteroatoms. The second-order valence-electron chi connectivity index (χ2n) is 5.13. The zero-order chi connectivity index (χ0) is 15.8. The fourth-order valence-corrected chi connectivity index (χ4v) is 2.85. The van der Waals surface area contributed by atoms with Crippen LogP contribution in [0.15, 0.2) is 59.1 Å². The summed E-state index contributed by atoms with van der Waals surface area (Å²) < 4.78 is 16.8. The molecule has 1 atom stereocenters. The molecule has 0 spiro atoms. The molecule has 114 valence electrons. The molecule has 23 heavy (non-hydrogen) atoms. The van der Waals surface area contributed by atoms with Crippen LogP contribution in [0.3, 0.4) is 0 Å². The molecule has 0 amide bonds. The maximum atomic E-state index is 14.2. The molecule has 1 unspecified atom stereocenters. The highest BCUT2D eigenvalue weighted by atomic mass is 79.9. The second kappa shape index (κ2) is 5.58. The lowest BCUT2D eigenvalue weighted by molar-refractivity contribution is 0.540. The van der Waals surface area contributed by atoms with Crippen molar-refractivity contribution >= 4 is 27.6 Å². The van der Waals surface area contributed by atoms with Crippen LogP contribution in [0.5, 0.6) is 0 Å². The van der Waals surface area contributed by atoms with E-state index in [1.165, 1.54) is 6.07 Å². The fraction of sp³-hybridized carbons (Fsp3) is 0.0625. The minimum atomic E-state index is -0.402. The maximum Gasteiger partial charge on any atom is 0.248 e. The second-order valence-corrected chi connectivity index (χ2v) is 6.04. The Hall–Kier alpha value is -2.54. The Labute approximate surface area is 140 Å². The van der Waals surface area contributed by atoms with Crippen molar-refractivity contribution in [1.29, 1.82) is 0 Å². The van der Waals surface area contributed by atoms with Gasteiger partial charge < -0.3 is 5.32 Å². The Kier molecular flexibility index (Phi) is 3.42. The lowest BCUT2D eigenvalue weighted by Crippen LogP contribution is -2.21. The summed E-state index contributed by atoms with van der Waals surface area (Å²) in [5.74, 6) is 0.200. The van der Waals surface area contributed by atoms with E-state index in [9.17, 15) is 4.39 Å². The third-order valence-electron chi connectivity index (χ3n) is 3.71. The monoisotopic (exact) mass is 371 g/mol. The van der Waals surface area contributed by atoms with Gasteiger partial charge >= 0.3 is 0 Å². The highest BCUT2D eigenvalue weighted by Gasteiger charge is 2.26. The Morgan fingerprint density at radius 1 is 1.09 bits per heavy atom. The van der Waals surface area contributed by atoms with Gasteiger partial charge in [0.05, 0.1) is 0 Å². The SMILES string of the molecule is Fc1ccccc1C1C=C(c2ccc(Br)cc2)Nc2nnnn21. The first kappa shape index (κ1) is 14.1. The predicted molar refractivity (Wildman–Crippen MR) is 88.1 cm³/mol. The molecule has 2 heterocycles. The Balaban J connectivity index is 1.83. The van der Waals surface area contributed by atoms with Crippen molar-refractivity contribution in [2.75, 3.05) is 5.32 Å². The molecule has 5 nitrogen and oxygen atoms in total. The van der Waals surface area contributed by atoms with Gasteiger partial charge in [-0.1, -0.05) is 51.4 Å². The lowest BCUT2D eigenvalue weighted by Gasteiger charge is -2.23. The van der Waals surface area contributed by atoms with Crippen molar-refractivity contribution < 1.29 is 4.39 Å². The summed E-state index contributed by atoms with van der Waals surface area (Å²) in [6, 6.07) is 14.1. The van der Waals surface area contributed by atoms with Crippen LogP contribution in [0.2, 0.25) is 0 Å². The number of tetrazole rings is 1. The maximum absolute atomic E-state index is 14.2. The quantitative estimate of drug-likeness (QED) is 0.747. The summed E-state index contributed by atoms with van der Waals surface area (Å²) in [6.07, 6.45) is 1.92. The number of benzene rings is 2. The number of nitrogens with one attached hydrogen (secondary N) is 1. The first-order chi connectivity index (χ1) is 11.2.